The second kappa shape index (κ2) is 6.69. The molecule has 0 aliphatic heterocycles. The van der Waals surface area contributed by atoms with Crippen molar-refractivity contribution in [1.82, 2.24) is 0 Å². The van der Waals surface area contributed by atoms with Crippen LogP contribution in [-0.2, 0) is 20.9 Å². The molecule has 0 bridgehead atoms. The summed E-state index contributed by atoms with van der Waals surface area (Å²) in [7, 11) is 0. The zero-order chi connectivity index (χ0) is 14.5. The first kappa shape index (κ1) is 14.8. The molecule has 2 rings (SSSR count). The molecule has 3 nitrogen and oxygen atoms in total. The number of benzene rings is 1. The molecular weight excluding hydrogens is 252 g/mol. The van der Waals surface area contributed by atoms with Crippen molar-refractivity contribution in [3.8, 4) is 0 Å². The third-order valence-corrected chi connectivity index (χ3v) is 4.14. The molecule has 1 saturated carbocycles. The highest BCUT2D eigenvalue weighted by molar-refractivity contribution is 5.99. The maximum Gasteiger partial charge on any atom is 0.316 e. The first-order valence-electron chi connectivity index (χ1n) is 7.31. The van der Waals surface area contributed by atoms with Crippen molar-refractivity contribution >= 4 is 11.8 Å². The van der Waals surface area contributed by atoms with Gasteiger partial charge in [0.15, 0.2) is 0 Å². The Hall–Kier alpha value is -1.64. The summed E-state index contributed by atoms with van der Waals surface area (Å²) >= 11 is 0. The molecule has 0 saturated heterocycles. The van der Waals surface area contributed by atoms with Gasteiger partial charge in [-0.05, 0) is 30.2 Å². The average molecular weight is 274 g/mol. The van der Waals surface area contributed by atoms with Gasteiger partial charge in [0.05, 0.1) is 0 Å². The van der Waals surface area contributed by atoms with Gasteiger partial charge in [-0.1, -0.05) is 44.2 Å². The van der Waals surface area contributed by atoms with Crippen molar-refractivity contribution in [3.05, 3.63) is 35.9 Å². The Balaban J connectivity index is 1.92. The predicted molar refractivity (Wildman–Crippen MR) is 76.9 cm³/mol. The Kier molecular flexibility index (Phi) is 4.94. The van der Waals surface area contributed by atoms with E-state index in [9.17, 15) is 9.59 Å². The molecule has 0 aromatic heterocycles. The molecule has 108 valence electrons. The molecule has 0 radical (unpaired) electrons. The number of carbonyl (C=O) groups is 2. The molecule has 0 spiro atoms. The highest BCUT2D eigenvalue weighted by atomic mass is 16.5. The molecule has 0 heterocycles. The van der Waals surface area contributed by atoms with Crippen LogP contribution in [0.2, 0.25) is 0 Å². The van der Waals surface area contributed by atoms with E-state index in [1.54, 1.807) is 0 Å². The lowest BCUT2D eigenvalue weighted by Gasteiger charge is -2.29. The minimum absolute atomic E-state index is 0.0416. The smallest absolute Gasteiger partial charge is 0.316 e. The van der Waals surface area contributed by atoms with Crippen molar-refractivity contribution < 1.29 is 14.3 Å². The first-order valence-corrected chi connectivity index (χ1v) is 7.31. The van der Waals surface area contributed by atoms with E-state index < -0.39 is 5.92 Å². The van der Waals surface area contributed by atoms with Gasteiger partial charge in [-0.15, -0.1) is 0 Å². The molecule has 1 aromatic carbocycles. The van der Waals surface area contributed by atoms with Gasteiger partial charge in [0.25, 0.3) is 0 Å². The minimum Gasteiger partial charge on any atom is -0.460 e. The second-order valence-electron chi connectivity index (χ2n) is 5.89. The summed E-state index contributed by atoms with van der Waals surface area (Å²) in [5, 5.41) is 0. The quantitative estimate of drug-likeness (QED) is 0.624. The Morgan fingerprint density at radius 2 is 2.00 bits per heavy atom. The van der Waals surface area contributed by atoms with Gasteiger partial charge in [0, 0.05) is 6.42 Å². The monoisotopic (exact) mass is 274 g/mol. The summed E-state index contributed by atoms with van der Waals surface area (Å²) in [6.45, 7) is 4.54. The van der Waals surface area contributed by atoms with Gasteiger partial charge < -0.3 is 4.74 Å². The zero-order valence-electron chi connectivity index (χ0n) is 12.2. The average Bonchev–Trinajstić information content (AvgIpc) is 2.46. The van der Waals surface area contributed by atoms with Gasteiger partial charge >= 0.3 is 5.97 Å². The van der Waals surface area contributed by atoms with Crippen molar-refractivity contribution in [3.63, 3.8) is 0 Å². The lowest BCUT2D eigenvalue weighted by atomic mass is 9.75. The molecule has 1 aliphatic rings. The third kappa shape index (κ3) is 3.69. The molecule has 1 aliphatic carbocycles. The Bertz CT molecular complexity index is 464. The van der Waals surface area contributed by atoms with E-state index >= 15 is 0 Å². The number of rotatable bonds is 4. The standard InChI is InChI=1S/C17H22O3/c1-12(2)14-8-9-16(18)15(10-14)17(19)20-11-13-6-4-3-5-7-13/h3-7,12,14-15H,8-11H2,1-2H3. The van der Waals surface area contributed by atoms with E-state index in [4.69, 9.17) is 4.74 Å². The van der Waals surface area contributed by atoms with Crippen molar-refractivity contribution in [2.24, 2.45) is 17.8 Å². The van der Waals surface area contributed by atoms with Gasteiger partial charge in [0.2, 0.25) is 0 Å². The highest BCUT2D eigenvalue weighted by Crippen LogP contribution is 2.32. The fourth-order valence-corrected chi connectivity index (χ4v) is 2.72. The maximum atomic E-state index is 12.1. The predicted octanol–water partition coefficient (Wildman–Crippen LogP) is 3.37. The molecule has 1 fully saturated rings. The van der Waals surface area contributed by atoms with E-state index in [2.05, 4.69) is 13.8 Å². The van der Waals surface area contributed by atoms with Crippen molar-refractivity contribution in [1.29, 1.82) is 0 Å². The van der Waals surface area contributed by atoms with Crippen molar-refractivity contribution in [2.45, 2.75) is 39.7 Å². The Morgan fingerprint density at radius 1 is 1.30 bits per heavy atom. The van der Waals surface area contributed by atoms with E-state index in [0.29, 0.717) is 24.7 Å². The van der Waals surface area contributed by atoms with Crippen LogP contribution < -0.4 is 0 Å². The lowest BCUT2D eigenvalue weighted by Crippen LogP contribution is -2.34. The van der Waals surface area contributed by atoms with Gasteiger partial charge in [-0.25, -0.2) is 0 Å². The SMILES string of the molecule is CC(C)C1CCC(=O)C(C(=O)OCc2ccccc2)C1. The highest BCUT2D eigenvalue weighted by Gasteiger charge is 2.35. The minimum atomic E-state index is -0.556. The molecule has 2 unspecified atom stereocenters. The summed E-state index contributed by atoms with van der Waals surface area (Å²) in [4.78, 5) is 24.0. The van der Waals surface area contributed by atoms with E-state index in [1.165, 1.54) is 0 Å². The first-order chi connectivity index (χ1) is 9.58. The summed E-state index contributed by atoms with van der Waals surface area (Å²) in [6, 6.07) is 9.55. The summed E-state index contributed by atoms with van der Waals surface area (Å²) in [5.74, 6) is 0.0820. The molecule has 2 atom stereocenters. The number of esters is 1. The van der Waals surface area contributed by atoms with Crippen LogP contribution in [0.3, 0.4) is 0 Å². The van der Waals surface area contributed by atoms with Crippen LogP contribution >= 0.6 is 0 Å². The van der Waals surface area contributed by atoms with Crippen molar-refractivity contribution in [2.75, 3.05) is 0 Å². The Morgan fingerprint density at radius 3 is 2.65 bits per heavy atom. The van der Waals surface area contributed by atoms with Crippen LogP contribution in [0.25, 0.3) is 0 Å². The molecule has 0 amide bonds. The largest absolute Gasteiger partial charge is 0.460 e. The summed E-state index contributed by atoms with van der Waals surface area (Å²) < 4.78 is 5.31. The maximum absolute atomic E-state index is 12.1. The third-order valence-electron chi connectivity index (χ3n) is 4.14. The van der Waals surface area contributed by atoms with Crippen LogP contribution in [0, 0.1) is 17.8 Å². The fourth-order valence-electron chi connectivity index (χ4n) is 2.72. The summed E-state index contributed by atoms with van der Waals surface area (Å²) in [6.07, 6.45) is 2.05. The van der Waals surface area contributed by atoms with Crippen LogP contribution in [0.15, 0.2) is 30.3 Å². The molecule has 0 N–H and O–H groups in total. The molecule has 1 aromatic rings. The number of carbonyl (C=O) groups excluding carboxylic acids is 2. The summed E-state index contributed by atoms with van der Waals surface area (Å²) in [5.41, 5.74) is 0.949. The van der Waals surface area contributed by atoms with Crippen LogP contribution in [-0.4, -0.2) is 11.8 Å². The fraction of sp³-hybridized carbons (Fsp3) is 0.529. The van der Waals surface area contributed by atoms with Gasteiger partial charge in [-0.2, -0.15) is 0 Å². The van der Waals surface area contributed by atoms with E-state index in [0.717, 1.165) is 12.0 Å². The van der Waals surface area contributed by atoms with E-state index in [-0.39, 0.29) is 18.4 Å². The van der Waals surface area contributed by atoms with Crippen LogP contribution in [0.1, 0.15) is 38.7 Å². The van der Waals surface area contributed by atoms with E-state index in [1.807, 2.05) is 30.3 Å². The zero-order valence-corrected chi connectivity index (χ0v) is 12.2. The Labute approximate surface area is 120 Å². The number of ketones is 1. The number of hydrogen-bond donors (Lipinski definition) is 0. The topological polar surface area (TPSA) is 43.4 Å². The number of hydrogen-bond acceptors (Lipinski definition) is 3. The number of ether oxygens (including phenoxy) is 1. The second-order valence-corrected chi connectivity index (χ2v) is 5.89. The normalized spacial score (nSPS) is 22.9. The molecule has 3 heteroatoms. The van der Waals surface area contributed by atoms with Crippen LogP contribution in [0.4, 0.5) is 0 Å². The lowest BCUT2D eigenvalue weighted by molar-refractivity contribution is -0.155. The van der Waals surface area contributed by atoms with Gasteiger partial charge in [-0.3, -0.25) is 9.59 Å². The molecule has 20 heavy (non-hydrogen) atoms. The van der Waals surface area contributed by atoms with Gasteiger partial charge in [0.1, 0.15) is 18.3 Å². The number of Topliss-reactive ketones (excluding diaryl/α,β-unsaturated/α-hetero) is 1. The molecular formula is C17H22O3. The van der Waals surface area contributed by atoms with Crippen LogP contribution in [0.5, 0.6) is 0 Å².